The van der Waals surface area contributed by atoms with Crippen molar-refractivity contribution in [2.24, 2.45) is 5.92 Å². The molecule has 3 heterocycles. The lowest BCUT2D eigenvalue weighted by atomic mass is 9.82. The Kier molecular flexibility index (Phi) is 7.67. The smallest absolute Gasteiger partial charge is 0.247 e. The maximum absolute atomic E-state index is 13.1. The van der Waals surface area contributed by atoms with Gasteiger partial charge in [-0.15, -0.1) is 10.2 Å². The van der Waals surface area contributed by atoms with E-state index in [2.05, 4.69) is 20.8 Å². The van der Waals surface area contributed by atoms with Gasteiger partial charge in [0.05, 0.1) is 12.1 Å². The first kappa shape index (κ1) is 24.2. The lowest BCUT2D eigenvalue weighted by Gasteiger charge is -2.40. The molecule has 3 aliphatic rings. The summed E-state index contributed by atoms with van der Waals surface area (Å²) in [6, 6.07) is 6.29. The summed E-state index contributed by atoms with van der Waals surface area (Å²) in [5.41, 5.74) is 0.691. The van der Waals surface area contributed by atoms with E-state index in [1.165, 1.54) is 18.6 Å². The van der Waals surface area contributed by atoms with Crippen molar-refractivity contribution in [3.8, 4) is 11.5 Å². The van der Waals surface area contributed by atoms with Gasteiger partial charge in [0.1, 0.15) is 5.82 Å². The molecule has 0 spiro atoms. The number of hydrogen-bond acceptors (Lipinski definition) is 7. The maximum Gasteiger partial charge on any atom is 0.247 e. The number of thioether (sulfide) groups is 1. The minimum Gasteiger partial charge on any atom is -0.420 e. The molecule has 2 aromatic rings. The van der Waals surface area contributed by atoms with E-state index in [0.29, 0.717) is 42.9 Å². The highest BCUT2D eigenvalue weighted by Gasteiger charge is 2.37. The first-order valence-electron chi connectivity index (χ1n) is 12.6. The molecule has 5 rings (SSSR count). The molecule has 2 saturated heterocycles. The standard InChI is InChI=1S/C25H32FN5O3S/c26-18-7-5-16(6-8-18)24-29-30-25(34-24)17-9-12-31(13-10-17)22(32)11-14-35-15-21-27-20-4-2-1-3-19(20)23(33)28-21/h5-8,17,19-21,27H,1-4,9-15H2,(H,28,33). The third-order valence-electron chi connectivity index (χ3n) is 7.31. The van der Waals surface area contributed by atoms with Crippen molar-refractivity contribution in [2.75, 3.05) is 24.6 Å². The second kappa shape index (κ2) is 11.1. The fourth-order valence-electron chi connectivity index (χ4n) is 5.32. The van der Waals surface area contributed by atoms with Crippen LogP contribution in [-0.2, 0) is 9.59 Å². The molecule has 10 heteroatoms. The summed E-state index contributed by atoms with van der Waals surface area (Å²) >= 11 is 1.71. The summed E-state index contributed by atoms with van der Waals surface area (Å²) < 4.78 is 19.0. The molecule has 1 aromatic heterocycles. The molecule has 3 unspecified atom stereocenters. The van der Waals surface area contributed by atoms with Gasteiger partial charge >= 0.3 is 0 Å². The van der Waals surface area contributed by atoms with E-state index in [1.807, 2.05) is 4.90 Å². The SMILES string of the molecule is O=C1NC(CSCCC(=O)N2CCC(c3nnc(-c4ccc(F)cc4)o3)CC2)NC2CCCCC12. The molecule has 2 amide bonds. The maximum atomic E-state index is 13.1. The highest BCUT2D eigenvalue weighted by molar-refractivity contribution is 7.99. The number of nitrogens with one attached hydrogen (secondary N) is 2. The monoisotopic (exact) mass is 501 g/mol. The van der Waals surface area contributed by atoms with Crippen LogP contribution < -0.4 is 10.6 Å². The molecule has 3 atom stereocenters. The number of carbonyl (C=O) groups excluding carboxylic acids is 2. The van der Waals surface area contributed by atoms with Crippen LogP contribution in [0, 0.1) is 11.7 Å². The van der Waals surface area contributed by atoms with Crippen LogP contribution in [0.4, 0.5) is 4.39 Å². The van der Waals surface area contributed by atoms with Gasteiger partial charge in [0.15, 0.2) is 0 Å². The zero-order valence-corrected chi connectivity index (χ0v) is 20.6. The summed E-state index contributed by atoms with van der Waals surface area (Å²) in [6.45, 7) is 1.34. The number of likely N-dealkylation sites (tertiary alicyclic amines) is 1. The van der Waals surface area contributed by atoms with Gasteiger partial charge < -0.3 is 14.6 Å². The fraction of sp³-hybridized carbons (Fsp3) is 0.600. The molecular formula is C25H32FN5O3S. The Morgan fingerprint density at radius 1 is 1.11 bits per heavy atom. The van der Waals surface area contributed by atoms with Crippen LogP contribution in [0.2, 0.25) is 0 Å². The van der Waals surface area contributed by atoms with Gasteiger partial charge in [-0.2, -0.15) is 11.8 Å². The molecule has 1 aliphatic carbocycles. The van der Waals surface area contributed by atoms with Crippen LogP contribution in [0.3, 0.4) is 0 Å². The van der Waals surface area contributed by atoms with Crippen molar-refractivity contribution in [3.63, 3.8) is 0 Å². The van der Waals surface area contributed by atoms with E-state index in [0.717, 1.165) is 43.6 Å². The lowest BCUT2D eigenvalue weighted by molar-refractivity contribution is -0.132. The minimum absolute atomic E-state index is 0.00750. The van der Waals surface area contributed by atoms with Crippen molar-refractivity contribution >= 4 is 23.6 Å². The third-order valence-corrected chi connectivity index (χ3v) is 8.37. The van der Waals surface area contributed by atoms with Crippen molar-refractivity contribution in [3.05, 3.63) is 36.0 Å². The first-order valence-corrected chi connectivity index (χ1v) is 13.7. The molecule has 35 heavy (non-hydrogen) atoms. The molecule has 188 valence electrons. The topological polar surface area (TPSA) is 100 Å². The van der Waals surface area contributed by atoms with Crippen molar-refractivity contribution in [1.82, 2.24) is 25.7 Å². The van der Waals surface area contributed by atoms with Crippen LogP contribution in [-0.4, -0.2) is 63.7 Å². The van der Waals surface area contributed by atoms with Crippen molar-refractivity contribution < 1.29 is 18.4 Å². The number of rotatable bonds is 7. The largest absolute Gasteiger partial charge is 0.420 e. The van der Waals surface area contributed by atoms with Crippen LogP contribution in [0.1, 0.15) is 56.8 Å². The predicted molar refractivity (Wildman–Crippen MR) is 131 cm³/mol. The zero-order chi connectivity index (χ0) is 24.2. The number of carbonyl (C=O) groups is 2. The van der Waals surface area contributed by atoms with Gasteiger partial charge in [0, 0.05) is 48.5 Å². The number of nitrogens with zero attached hydrogens (tertiary/aromatic N) is 3. The Balaban J connectivity index is 1.02. The van der Waals surface area contributed by atoms with Crippen LogP contribution in [0.5, 0.6) is 0 Å². The van der Waals surface area contributed by atoms with Crippen LogP contribution in [0.15, 0.2) is 28.7 Å². The summed E-state index contributed by atoms with van der Waals surface area (Å²) in [5.74, 6) is 2.77. The zero-order valence-electron chi connectivity index (χ0n) is 19.7. The Hall–Kier alpha value is -2.46. The van der Waals surface area contributed by atoms with Gasteiger partial charge in [-0.25, -0.2) is 4.39 Å². The highest BCUT2D eigenvalue weighted by Crippen LogP contribution is 2.30. The highest BCUT2D eigenvalue weighted by atomic mass is 32.2. The second-order valence-corrected chi connectivity index (χ2v) is 10.8. The van der Waals surface area contributed by atoms with Crippen molar-refractivity contribution in [2.45, 2.75) is 63.1 Å². The van der Waals surface area contributed by atoms with E-state index in [1.54, 1.807) is 23.9 Å². The van der Waals surface area contributed by atoms with Gasteiger partial charge in [0.2, 0.25) is 23.6 Å². The van der Waals surface area contributed by atoms with E-state index in [-0.39, 0.29) is 35.6 Å². The Morgan fingerprint density at radius 2 is 1.89 bits per heavy atom. The summed E-state index contributed by atoms with van der Waals surface area (Å²) in [6.07, 6.45) is 6.44. The molecule has 0 radical (unpaired) electrons. The van der Waals surface area contributed by atoms with E-state index in [9.17, 15) is 14.0 Å². The van der Waals surface area contributed by atoms with Crippen molar-refractivity contribution in [1.29, 1.82) is 0 Å². The molecule has 0 bridgehead atoms. The summed E-state index contributed by atoms with van der Waals surface area (Å²) in [5, 5.41) is 15.0. The Morgan fingerprint density at radius 3 is 2.69 bits per heavy atom. The fourth-order valence-corrected chi connectivity index (χ4v) is 6.22. The molecule has 3 fully saturated rings. The number of hydrogen-bond donors (Lipinski definition) is 2. The number of amides is 2. The molecule has 2 aliphatic heterocycles. The summed E-state index contributed by atoms with van der Waals surface area (Å²) in [4.78, 5) is 27.0. The van der Waals surface area contributed by atoms with Crippen LogP contribution >= 0.6 is 11.8 Å². The number of halogens is 1. The quantitative estimate of drug-likeness (QED) is 0.562. The second-order valence-electron chi connectivity index (χ2n) is 9.66. The van der Waals surface area contributed by atoms with E-state index >= 15 is 0 Å². The molecule has 2 N–H and O–H groups in total. The molecule has 1 aromatic carbocycles. The molecule has 8 nitrogen and oxygen atoms in total. The van der Waals surface area contributed by atoms with E-state index < -0.39 is 0 Å². The van der Waals surface area contributed by atoms with Gasteiger partial charge in [-0.05, 0) is 49.9 Å². The molecule has 1 saturated carbocycles. The van der Waals surface area contributed by atoms with Crippen LogP contribution in [0.25, 0.3) is 11.5 Å². The lowest BCUT2D eigenvalue weighted by Crippen LogP contribution is -2.62. The Labute approximate surface area is 208 Å². The normalized spacial score (nSPS) is 25.2. The first-order chi connectivity index (χ1) is 17.1. The third kappa shape index (κ3) is 5.86. The number of aromatic nitrogens is 2. The predicted octanol–water partition coefficient (Wildman–Crippen LogP) is 3.31. The molecular weight excluding hydrogens is 469 g/mol. The van der Waals surface area contributed by atoms with Gasteiger partial charge in [0.25, 0.3) is 0 Å². The number of benzene rings is 1. The Bertz CT molecular complexity index is 1020. The van der Waals surface area contributed by atoms with E-state index in [4.69, 9.17) is 4.42 Å². The number of piperidine rings is 1. The van der Waals surface area contributed by atoms with Gasteiger partial charge in [-0.3, -0.25) is 14.9 Å². The average molecular weight is 502 g/mol. The van der Waals surface area contributed by atoms with Gasteiger partial charge in [-0.1, -0.05) is 12.8 Å². The minimum atomic E-state index is -0.307. The average Bonchev–Trinajstić information content (AvgIpc) is 3.37. The number of fused-ring (bicyclic) bond motifs is 1. The summed E-state index contributed by atoms with van der Waals surface area (Å²) in [7, 11) is 0.